The van der Waals surface area contributed by atoms with Gasteiger partial charge in [0.2, 0.25) is 10.0 Å². The minimum atomic E-state index is -3.80. The second kappa shape index (κ2) is 6.83. The van der Waals surface area contributed by atoms with Gasteiger partial charge in [-0.3, -0.25) is 10.1 Å². The lowest BCUT2D eigenvalue weighted by Crippen LogP contribution is -2.33. The summed E-state index contributed by atoms with van der Waals surface area (Å²) in [4.78, 5) is 12.0. The van der Waals surface area contributed by atoms with E-state index < -0.39 is 20.6 Å². The van der Waals surface area contributed by atoms with E-state index in [1.165, 1.54) is 6.07 Å². The fourth-order valence-electron chi connectivity index (χ4n) is 1.75. The van der Waals surface area contributed by atoms with Crippen LogP contribution in [0.2, 0.25) is 0 Å². The van der Waals surface area contributed by atoms with Crippen molar-refractivity contribution in [2.75, 3.05) is 32.4 Å². The first-order valence-electron chi connectivity index (χ1n) is 6.41. The fourth-order valence-corrected chi connectivity index (χ4v) is 3.02. The quantitative estimate of drug-likeness (QED) is 0.434. The van der Waals surface area contributed by atoms with Crippen molar-refractivity contribution >= 4 is 21.4 Å². The molecule has 1 aromatic carbocycles. The molecule has 0 atom stereocenters. The van der Waals surface area contributed by atoms with Gasteiger partial charge in [-0.2, -0.15) is 0 Å². The van der Waals surface area contributed by atoms with Gasteiger partial charge in [0.15, 0.2) is 0 Å². The van der Waals surface area contributed by atoms with Crippen molar-refractivity contribution in [3.8, 4) is 0 Å². The molecule has 0 bridgehead atoms. The number of sulfonamides is 1. The lowest BCUT2D eigenvalue weighted by molar-refractivity contribution is -0.384. The van der Waals surface area contributed by atoms with E-state index in [0.717, 1.165) is 12.6 Å². The second-order valence-corrected chi connectivity index (χ2v) is 6.46. The Hall–Kier alpha value is -1.71. The minimum Gasteiger partial charge on any atom is -0.393 e. The predicted octanol–water partition coefficient (Wildman–Crippen LogP) is 0.715. The van der Waals surface area contributed by atoms with Crippen molar-refractivity contribution < 1.29 is 13.3 Å². The summed E-state index contributed by atoms with van der Waals surface area (Å²) in [5, 5.41) is 10.9. The van der Waals surface area contributed by atoms with E-state index in [2.05, 4.69) is 4.72 Å². The van der Waals surface area contributed by atoms with Crippen LogP contribution in [0.4, 0.5) is 11.4 Å². The van der Waals surface area contributed by atoms with Gasteiger partial charge in [0.25, 0.3) is 5.69 Å². The van der Waals surface area contributed by atoms with Crippen molar-refractivity contribution in [3.05, 3.63) is 27.8 Å². The van der Waals surface area contributed by atoms with Crippen molar-refractivity contribution in [1.29, 1.82) is 0 Å². The number of nitrogens with two attached hydrogens (primary N) is 1. The van der Waals surface area contributed by atoms with Crippen molar-refractivity contribution in [2.24, 2.45) is 0 Å². The van der Waals surface area contributed by atoms with Crippen LogP contribution in [0.15, 0.2) is 17.0 Å². The van der Waals surface area contributed by atoms with E-state index in [1.54, 1.807) is 6.92 Å². The molecular weight excluding hydrogens is 296 g/mol. The predicted molar refractivity (Wildman–Crippen MR) is 80.6 cm³/mol. The van der Waals surface area contributed by atoms with Crippen LogP contribution in [-0.4, -0.2) is 44.9 Å². The van der Waals surface area contributed by atoms with Gasteiger partial charge >= 0.3 is 0 Å². The van der Waals surface area contributed by atoms with Gasteiger partial charge in [-0.15, -0.1) is 0 Å². The van der Waals surface area contributed by atoms with Crippen LogP contribution in [0.3, 0.4) is 0 Å². The number of hydrogen-bond acceptors (Lipinski definition) is 6. The first-order chi connectivity index (χ1) is 9.69. The first kappa shape index (κ1) is 17.3. The molecule has 0 unspecified atom stereocenters. The third-order valence-corrected chi connectivity index (χ3v) is 4.74. The number of rotatable bonds is 7. The fraction of sp³-hybridized carbons (Fsp3) is 0.500. The average Bonchev–Trinajstić information content (AvgIpc) is 2.37. The Morgan fingerprint density at radius 1 is 1.43 bits per heavy atom. The molecule has 8 nitrogen and oxygen atoms in total. The largest absolute Gasteiger partial charge is 0.393 e. The topological polar surface area (TPSA) is 119 Å². The Morgan fingerprint density at radius 3 is 2.57 bits per heavy atom. The smallest absolute Gasteiger partial charge is 0.293 e. The monoisotopic (exact) mass is 316 g/mol. The summed E-state index contributed by atoms with van der Waals surface area (Å²) < 4.78 is 26.9. The zero-order valence-corrected chi connectivity index (χ0v) is 13.1. The molecule has 0 fully saturated rings. The number of nitro benzene ring substituents is 1. The molecule has 0 saturated carbocycles. The molecule has 0 aliphatic carbocycles. The zero-order valence-electron chi connectivity index (χ0n) is 12.3. The Balaban J connectivity index is 3.03. The highest BCUT2D eigenvalue weighted by Crippen LogP contribution is 2.28. The highest BCUT2D eigenvalue weighted by atomic mass is 32.2. The van der Waals surface area contributed by atoms with Crippen molar-refractivity contribution in [3.63, 3.8) is 0 Å². The Labute approximate surface area is 124 Å². The Morgan fingerprint density at radius 2 is 2.05 bits per heavy atom. The summed E-state index contributed by atoms with van der Waals surface area (Å²) in [7, 11) is -1.94. The number of nitrogens with zero attached hydrogens (tertiary/aromatic N) is 2. The maximum absolute atomic E-state index is 12.2. The van der Waals surface area contributed by atoms with Gasteiger partial charge in [0.05, 0.1) is 9.82 Å². The van der Waals surface area contributed by atoms with Crippen LogP contribution in [-0.2, 0) is 10.0 Å². The molecule has 0 heterocycles. The number of nitrogens with one attached hydrogen (secondary N) is 1. The molecule has 1 aromatic rings. The number of likely N-dealkylation sites (N-methyl/N-ethyl adjacent to an activating group) is 1. The molecule has 0 aromatic heterocycles. The van der Waals surface area contributed by atoms with Crippen LogP contribution in [0, 0.1) is 17.0 Å². The van der Waals surface area contributed by atoms with Crippen molar-refractivity contribution in [2.45, 2.75) is 18.7 Å². The molecule has 0 aliphatic heterocycles. The molecule has 0 spiro atoms. The molecule has 118 valence electrons. The molecule has 0 saturated heterocycles. The van der Waals surface area contributed by atoms with Gasteiger partial charge in [-0.25, -0.2) is 13.1 Å². The van der Waals surface area contributed by atoms with Gasteiger partial charge in [-0.05, 0) is 32.1 Å². The van der Waals surface area contributed by atoms with Crippen LogP contribution < -0.4 is 10.5 Å². The lowest BCUT2D eigenvalue weighted by atomic mass is 10.2. The minimum absolute atomic E-state index is 0.0535. The van der Waals surface area contributed by atoms with Crippen LogP contribution >= 0.6 is 0 Å². The number of benzene rings is 1. The summed E-state index contributed by atoms with van der Waals surface area (Å²) in [5.74, 6) is 0. The second-order valence-electron chi connectivity index (χ2n) is 4.73. The maximum atomic E-state index is 12.2. The summed E-state index contributed by atoms with van der Waals surface area (Å²) in [6, 6.07) is 2.29. The highest BCUT2D eigenvalue weighted by molar-refractivity contribution is 7.89. The first-order valence-corrected chi connectivity index (χ1v) is 7.90. The molecule has 0 radical (unpaired) electrons. The summed E-state index contributed by atoms with van der Waals surface area (Å²) in [6.45, 7) is 5.08. The van der Waals surface area contributed by atoms with Gasteiger partial charge < -0.3 is 10.6 Å². The molecule has 3 N–H and O–H groups in total. The van der Waals surface area contributed by atoms with E-state index in [1.807, 2.05) is 18.9 Å². The molecule has 1 rings (SSSR count). The van der Waals surface area contributed by atoms with Crippen molar-refractivity contribution in [1.82, 2.24) is 9.62 Å². The highest BCUT2D eigenvalue weighted by Gasteiger charge is 2.22. The van der Waals surface area contributed by atoms with E-state index in [4.69, 9.17) is 5.73 Å². The third-order valence-electron chi connectivity index (χ3n) is 3.14. The van der Waals surface area contributed by atoms with E-state index in [9.17, 15) is 18.5 Å². The van der Waals surface area contributed by atoms with E-state index >= 15 is 0 Å². The average molecular weight is 316 g/mol. The normalized spacial score (nSPS) is 11.8. The SMILES string of the molecule is CCN(C)CCNS(=O)(=O)c1cc([N+](=O)[O-])c(N)cc1C. The Kier molecular flexibility index (Phi) is 5.64. The molecular formula is C12H20N4O4S. The summed E-state index contributed by atoms with van der Waals surface area (Å²) in [5.41, 5.74) is 5.43. The number of anilines is 1. The number of aryl methyl sites for hydroxylation is 1. The molecule has 0 amide bonds. The summed E-state index contributed by atoms with van der Waals surface area (Å²) in [6.07, 6.45) is 0. The standard InChI is InChI=1S/C12H20N4O4S/c1-4-15(3)6-5-14-21(19,20)12-8-11(16(17)18)10(13)7-9(12)2/h7-8,14H,4-6,13H2,1-3H3. The van der Waals surface area contributed by atoms with Crippen LogP contribution in [0.5, 0.6) is 0 Å². The Bertz CT molecular complexity index is 630. The van der Waals surface area contributed by atoms with E-state index in [0.29, 0.717) is 12.1 Å². The van der Waals surface area contributed by atoms with E-state index in [-0.39, 0.29) is 17.1 Å². The maximum Gasteiger partial charge on any atom is 0.293 e. The number of nitro groups is 1. The van der Waals surface area contributed by atoms with Crippen LogP contribution in [0.1, 0.15) is 12.5 Å². The van der Waals surface area contributed by atoms with Crippen LogP contribution in [0.25, 0.3) is 0 Å². The number of hydrogen-bond donors (Lipinski definition) is 2. The zero-order chi connectivity index (χ0) is 16.2. The number of nitrogen functional groups attached to an aromatic ring is 1. The molecule has 9 heteroatoms. The van der Waals surface area contributed by atoms with Gasteiger partial charge in [0, 0.05) is 19.2 Å². The lowest BCUT2D eigenvalue weighted by Gasteiger charge is -2.15. The summed E-state index contributed by atoms with van der Waals surface area (Å²) >= 11 is 0. The van der Waals surface area contributed by atoms with Gasteiger partial charge in [-0.1, -0.05) is 6.92 Å². The third kappa shape index (κ3) is 4.38. The van der Waals surface area contributed by atoms with Gasteiger partial charge in [0.1, 0.15) is 5.69 Å². The molecule has 0 aliphatic rings. The molecule has 21 heavy (non-hydrogen) atoms.